The Hall–Kier alpha value is -4.31. The van der Waals surface area contributed by atoms with Crippen LogP contribution in [0.15, 0.2) is 64.3 Å². The Morgan fingerprint density at radius 2 is 1.91 bits per heavy atom. The molecule has 0 saturated carbocycles. The standard InChI is InChI=1S/C21H15ClN8O2/c22-19-13(9-12-5-1-2-6-14(12)25-19)10-24-27-17(31)11-30-16-8-4-3-7-15(16)26-21(30)18-20(23)29-32-28-18/h1-10H,11H2,(H2,23,29)(H,27,31)/b24-10+. The van der Waals surface area contributed by atoms with E-state index in [0.717, 1.165) is 16.4 Å². The molecule has 5 rings (SSSR count). The van der Waals surface area contributed by atoms with Crippen LogP contribution >= 0.6 is 11.6 Å². The number of nitrogens with zero attached hydrogens (tertiary/aromatic N) is 6. The second kappa shape index (κ2) is 8.08. The molecule has 2 aromatic carbocycles. The lowest BCUT2D eigenvalue weighted by Gasteiger charge is -2.07. The molecule has 0 atom stereocenters. The number of nitrogens with one attached hydrogen (secondary N) is 1. The fraction of sp³-hybridized carbons (Fsp3) is 0.0476. The van der Waals surface area contributed by atoms with Crippen LogP contribution in [0.5, 0.6) is 0 Å². The molecule has 0 fully saturated rings. The minimum absolute atomic E-state index is 0.0802. The third-order valence-electron chi connectivity index (χ3n) is 4.78. The van der Waals surface area contributed by atoms with Crippen molar-refractivity contribution in [2.45, 2.75) is 6.54 Å². The molecule has 32 heavy (non-hydrogen) atoms. The van der Waals surface area contributed by atoms with Crippen LogP contribution in [-0.4, -0.2) is 37.0 Å². The van der Waals surface area contributed by atoms with Gasteiger partial charge in [-0.1, -0.05) is 41.9 Å². The van der Waals surface area contributed by atoms with Crippen LogP contribution in [0.4, 0.5) is 5.82 Å². The van der Waals surface area contributed by atoms with Gasteiger partial charge in [0.05, 0.1) is 22.8 Å². The zero-order chi connectivity index (χ0) is 22.1. The van der Waals surface area contributed by atoms with Gasteiger partial charge in [0.15, 0.2) is 17.3 Å². The Balaban J connectivity index is 1.39. The van der Waals surface area contributed by atoms with Gasteiger partial charge in [0, 0.05) is 10.9 Å². The van der Waals surface area contributed by atoms with Gasteiger partial charge < -0.3 is 10.3 Å². The fourth-order valence-corrected chi connectivity index (χ4v) is 3.51. The highest BCUT2D eigenvalue weighted by molar-refractivity contribution is 6.32. The zero-order valence-corrected chi connectivity index (χ0v) is 17.2. The number of hydrogen-bond acceptors (Lipinski definition) is 8. The smallest absolute Gasteiger partial charge is 0.260 e. The summed E-state index contributed by atoms with van der Waals surface area (Å²) in [7, 11) is 0. The van der Waals surface area contributed by atoms with Gasteiger partial charge in [0.2, 0.25) is 0 Å². The largest absolute Gasteiger partial charge is 0.379 e. The SMILES string of the molecule is Nc1nonc1-c1nc2ccccc2n1CC(=O)N/N=C/c1cc2ccccc2nc1Cl. The van der Waals surface area contributed by atoms with E-state index in [1.807, 2.05) is 54.6 Å². The number of para-hydroxylation sites is 3. The van der Waals surface area contributed by atoms with E-state index in [4.69, 9.17) is 22.0 Å². The van der Waals surface area contributed by atoms with Crippen molar-refractivity contribution >= 4 is 51.5 Å². The molecule has 0 spiro atoms. The number of halogens is 1. The minimum atomic E-state index is -0.384. The van der Waals surface area contributed by atoms with E-state index in [-0.39, 0.29) is 24.0 Å². The summed E-state index contributed by atoms with van der Waals surface area (Å²) in [5.74, 6) is 0.0647. The number of imidazole rings is 1. The van der Waals surface area contributed by atoms with E-state index in [1.165, 1.54) is 6.21 Å². The van der Waals surface area contributed by atoms with Crippen LogP contribution in [0.2, 0.25) is 5.15 Å². The molecule has 3 heterocycles. The van der Waals surface area contributed by atoms with Crippen LogP contribution in [-0.2, 0) is 11.3 Å². The number of nitrogens with two attached hydrogens (primary N) is 1. The predicted molar refractivity (Wildman–Crippen MR) is 120 cm³/mol. The summed E-state index contributed by atoms with van der Waals surface area (Å²) in [6.45, 7) is -0.0802. The maximum atomic E-state index is 12.6. The van der Waals surface area contributed by atoms with Crippen molar-refractivity contribution in [3.8, 4) is 11.5 Å². The number of fused-ring (bicyclic) bond motifs is 2. The van der Waals surface area contributed by atoms with Crippen molar-refractivity contribution in [1.29, 1.82) is 0 Å². The average molecular weight is 447 g/mol. The third-order valence-corrected chi connectivity index (χ3v) is 5.08. The van der Waals surface area contributed by atoms with Crippen LogP contribution in [0.25, 0.3) is 33.5 Å². The maximum absolute atomic E-state index is 12.6. The molecule has 3 N–H and O–H groups in total. The van der Waals surface area contributed by atoms with E-state index in [9.17, 15) is 4.79 Å². The first kappa shape index (κ1) is 19.6. The molecular weight excluding hydrogens is 432 g/mol. The number of nitrogen functional groups attached to an aromatic ring is 1. The van der Waals surface area contributed by atoms with Gasteiger partial charge in [-0.3, -0.25) is 4.79 Å². The molecule has 10 nitrogen and oxygen atoms in total. The van der Waals surface area contributed by atoms with Gasteiger partial charge in [0.25, 0.3) is 5.91 Å². The summed E-state index contributed by atoms with van der Waals surface area (Å²) in [4.78, 5) is 21.5. The summed E-state index contributed by atoms with van der Waals surface area (Å²) < 4.78 is 6.36. The quantitative estimate of drug-likeness (QED) is 0.240. The van der Waals surface area contributed by atoms with Crippen molar-refractivity contribution in [3.63, 3.8) is 0 Å². The number of carbonyl (C=O) groups excluding carboxylic acids is 1. The highest BCUT2D eigenvalue weighted by Crippen LogP contribution is 2.26. The molecule has 5 aromatic rings. The van der Waals surface area contributed by atoms with E-state index in [1.54, 1.807) is 4.57 Å². The van der Waals surface area contributed by atoms with Gasteiger partial charge in [-0.05, 0) is 34.6 Å². The molecule has 0 aliphatic rings. The highest BCUT2D eigenvalue weighted by Gasteiger charge is 2.20. The number of aromatic nitrogens is 5. The molecular formula is C21H15ClN8O2. The predicted octanol–water partition coefficient (Wildman–Crippen LogP) is 3.02. The Labute approximate surface area is 185 Å². The Kier molecular flexibility index (Phi) is 4.96. The number of carbonyl (C=O) groups is 1. The topological polar surface area (TPSA) is 137 Å². The zero-order valence-electron chi connectivity index (χ0n) is 16.4. The first-order valence-corrected chi connectivity index (χ1v) is 9.89. The third kappa shape index (κ3) is 3.63. The summed E-state index contributed by atoms with van der Waals surface area (Å²) >= 11 is 6.23. The highest BCUT2D eigenvalue weighted by atomic mass is 35.5. The minimum Gasteiger partial charge on any atom is -0.379 e. The number of amides is 1. The molecule has 1 amide bonds. The van der Waals surface area contributed by atoms with Crippen molar-refractivity contribution < 1.29 is 9.42 Å². The number of rotatable bonds is 5. The van der Waals surface area contributed by atoms with E-state index in [2.05, 4.69) is 30.8 Å². The molecule has 0 bridgehead atoms. The van der Waals surface area contributed by atoms with Crippen LogP contribution in [0, 0.1) is 0 Å². The molecule has 0 radical (unpaired) electrons. The van der Waals surface area contributed by atoms with Crippen molar-refractivity contribution in [2.24, 2.45) is 5.10 Å². The molecule has 0 aliphatic heterocycles. The van der Waals surface area contributed by atoms with E-state index < -0.39 is 0 Å². The Morgan fingerprint density at radius 1 is 1.12 bits per heavy atom. The number of benzene rings is 2. The summed E-state index contributed by atoms with van der Waals surface area (Å²) in [6.07, 6.45) is 1.45. The van der Waals surface area contributed by atoms with Crippen molar-refractivity contribution in [1.82, 2.24) is 30.3 Å². The molecule has 3 aromatic heterocycles. The van der Waals surface area contributed by atoms with Crippen LogP contribution < -0.4 is 11.2 Å². The summed E-state index contributed by atoms with van der Waals surface area (Å²) in [6, 6.07) is 16.8. The maximum Gasteiger partial charge on any atom is 0.260 e. The lowest BCUT2D eigenvalue weighted by molar-refractivity contribution is -0.121. The number of anilines is 1. The first-order chi connectivity index (χ1) is 15.6. The second-order valence-electron chi connectivity index (χ2n) is 6.86. The number of hydrogen-bond donors (Lipinski definition) is 2. The molecule has 0 unspecified atom stereocenters. The molecule has 158 valence electrons. The van der Waals surface area contributed by atoms with Gasteiger partial charge in [-0.2, -0.15) is 5.10 Å². The first-order valence-electron chi connectivity index (χ1n) is 9.51. The molecule has 0 aliphatic carbocycles. The lowest BCUT2D eigenvalue weighted by atomic mass is 10.2. The molecule has 0 saturated heterocycles. The molecule has 11 heteroatoms. The number of hydrazone groups is 1. The Morgan fingerprint density at radius 3 is 2.72 bits per heavy atom. The fourth-order valence-electron chi connectivity index (χ4n) is 3.32. The van der Waals surface area contributed by atoms with Gasteiger partial charge in [-0.15, -0.1) is 0 Å². The number of pyridine rings is 1. The Bertz CT molecular complexity index is 1490. The second-order valence-corrected chi connectivity index (χ2v) is 7.22. The monoisotopic (exact) mass is 446 g/mol. The van der Waals surface area contributed by atoms with E-state index in [0.29, 0.717) is 22.1 Å². The van der Waals surface area contributed by atoms with Crippen LogP contribution in [0.1, 0.15) is 5.56 Å². The normalized spacial score (nSPS) is 11.5. The lowest BCUT2D eigenvalue weighted by Crippen LogP contribution is -2.23. The summed E-state index contributed by atoms with van der Waals surface area (Å²) in [5.41, 5.74) is 11.4. The summed E-state index contributed by atoms with van der Waals surface area (Å²) in [5, 5.41) is 12.6. The van der Waals surface area contributed by atoms with Gasteiger partial charge in [-0.25, -0.2) is 20.0 Å². The van der Waals surface area contributed by atoms with Crippen molar-refractivity contribution in [3.05, 3.63) is 65.3 Å². The average Bonchev–Trinajstić information content (AvgIpc) is 3.37. The van der Waals surface area contributed by atoms with E-state index >= 15 is 0 Å². The van der Waals surface area contributed by atoms with Crippen LogP contribution in [0.3, 0.4) is 0 Å². The van der Waals surface area contributed by atoms with Crippen molar-refractivity contribution in [2.75, 3.05) is 5.73 Å². The van der Waals surface area contributed by atoms with Gasteiger partial charge >= 0.3 is 0 Å². The van der Waals surface area contributed by atoms with Gasteiger partial charge in [0.1, 0.15) is 11.7 Å².